The molecule has 1 amide bonds. The van der Waals surface area contributed by atoms with E-state index in [1.54, 1.807) is 0 Å². The summed E-state index contributed by atoms with van der Waals surface area (Å²) in [4.78, 5) is 11.7. The molecule has 0 aromatic heterocycles. The first kappa shape index (κ1) is 10.7. The lowest BCUT2D eigenvalue weighted by atomic mass is 9.94. The van der Waals surface area contributed by atoms with E-state index in [4.69, 9.17) is 5.26 Å². The third kappa shape index (κ3) is 2.05. The molecule has 0 spiro atoms. The van der Waals surface area contributed by atoms with Gasteiger partial charge in [0.2, 0.25) is 5.91 Å². The Morgan fingerprint density at radius 3 is 2.69 bits per heavy atom. The molecule has 1 aliphatic heterocycles. The van der Waals surface area contributed by atoms with Crippen molar-refractivity contribution in [1.82, 2.24) is 10.6 Å². The van der Waals surface area contributed by atoms with Crippen LogP contribution in [-0.4, -0.2) is 19.0 Å². The summed E-state index contributed by atoms with van der Waals surface area (Å²) in [6.07, 6.45) is 0. The molecule has 2 rings (SSSR count). The second-order valence-electron chi connectivity index (χ2n) is 3.74. The number of nitrogens with one attached hydrogen (secondary N) is 2. The van der Waals surface area contributed by atoms with Crippen molar-refractivity contribution in [2.75, 3.05) is 13.1 Å². The fraction of sp³-hybridized carbons (Fsp3) is 0.333. The molecule has 2 unspecified atom stereocenters. The summed E-state index contributed by atoms with van der Waals surface area (Å²) < 4.78 is 0. The van der Waals surface area contributed by atoms with Crippen LogP contribution in [-0.2, 0) is 4.79 Å². The van der Waals surface area contributed by atoms with Crippen LogP contribution in [0, 0.1) is 17.2 Å². The minimum absolute atomic E-state index is 0.193. The highest BCUT2D eigenvalue weighted by Crippen LogP contribution is 2.22. The number of carbonyl (C=O) groups is 1. The van der Waals surface area contributed by atoms with Gasteiger partial charge in [0.25, 0.3) is 0 Å². The van der Waals surface area contributed by atoms with Gasteiger partial charge in [-0.15, -0.1) is 0 Å². The van der Waals surface area contributed by atoms with E-state index in [2.05, 4.69) is 16.7 Å². The predicted octanol–water partition coefficient (Wildman–Crippen LogP) is 0.587. The van der Waals surface area contributed by atoms with Crippen LogP contribution in [0.5, 0.6) is 0 Å². The van der Waals surface area contributed by atoms with Crippen molar-refractivity contribution < 1.29 is 4.79 Å². The molecule has 1 aromatic rings. The van der Waals surface area contributed by atoms with Gasteiger partial charge in [0.1, 0.15) is 5.92 Å². The smallest absolute Gasteiger partial charge is 0.239 e. The first-order valence-electron chi connectivity index (χ1n) is 5.28. The monoisotopic (exact) mass is 215 g/mol. The molecule has 82 valence electrons. The number of nitrogens with zero attached hydrogens (tertiary/aromatic N) is 1. The average Bonchev–Trinajstić information content (AvgIpc) is 2.52. The molecule has 0 saturated carbocycles. The highest BCUT2D eigenvalue weighted by molar-refractivity contribution is 5.82. The lowest BCUT2D eigenvalue weighted by molar-refractivity contribution is -0.123. The quantitative estimate of drug-likeness (QED) is 0.720. The summed E-state index contributed by atoms with van der Waals surface area (Å²) in [5, 5.41) is 15.0. The Balaban J connectivity index is 2.30. The fourth-order valence-electron chi connectivity index (χ4n) is 1.90. The molecule has 4 nitrogen and oxygen atoms in total. The van der Waals surface area contributed by atoms with E-state index < -0.39 is 5.92 Å². The molecule has 1 aliphatic rings. The summed E-state index contributed by atoms with van der Waals surface area (Å²) in [7, 11) is 0. The van der Waals surface area contributed by atoms with E-state index in [0.717, 1.165) is 5.56 Å². The number of hydrogen-bond donors (Lipinski definition) is 2. The number of carbonyl (C=O) groups excluding carboxylic acids is 1. The van der Waals surface area contributed by atoms with Crippen molar-refractivity contribution in [1.29, 1.82) is 5.26 Å². The normalized spacial score (nSPS) is 25.3. The SMILES string of the molecule is N#CC1C(=O)NCCNC1c1ccccc1. The zero-order valence-corrected chi connectivity index (χ0v) is 8.81. The first-order valence-corrected chi connectivity index (χ1v) is 5.28. The molecule has 2 atom stereocenters. The number of hydrogen-bond acceptors (Lipinski definition) is 3. The average molecular weight is 215 g/mol. The molecular formula is C12H13N3O. The Hall–Kier alpha value is -1.86. The molecule has 1 fully saturated rings. The molecule has 0 bridgehead atoms. The van der Waals surface area contributed by atoms with Crippen molar-refractivity contribution >= 4 is 5.91 Å². The largest absolute Gasteiger partial charge is 0.354 e. The minimum Gasteiger partial charge on any atom is -0.354 e. The highest BCUT2D eigenvalue weighted by atomic mass is 16.1. The van der Waals surface area contributed by atoms with Crippen molar-refractivity contribution in [3.05, 3.63) is 35.9 Å². The molecule has 1 saturated heterocycles. The van der Waals surface area contributed by atoms with Gasteiger partial charge in [0, 0.05) is 13.1 Å². The first-order chi connectivity index (χ1) is 7.83. The van der Waals surface area contributed by atoms with E-state index in [-0.39, 0.29) is 11.9 Å². The van der Waals surface area contributed by atoms with Gasteiger partial charge in [0.05, 0.1) is 12.1 Å². The van der Waals surface area contributed by atoms with E-state index in [9.17, 15) is 4.79 Å². The van der Waals surface area contributed by atoms with Crippen LogP contribution in [0.25, 0.3) is 0 Å². The third-order valence-corrected chi connectivity index (χ3v) is 2.70. The maximum atomic E-state index is 11.7. The molecule has 1 heterocycles. The third-order valence-electron chi connectivity index (χ3n) is 2.70. The number of benzene rings is 1. The Morgan fingerprint density at radius 2 is 2.00 bits per heavy atom. The second kappa shape index (κ2) is 4.77. The van der Waals surface area contributed by atoms with Gasteiger partial charge in [-0.3, -0.25) is 4.79 Å². The van der Waals surface area contributed by atoms with Crippen molar-refractivity contribution in [2.45, 2.75) is 6.04 Å². The molecule has 16 heavy (non-hydrogen) atoms. The summed E-state index contributed by atoms with van der Waals surface area (Å²) in [6, 6.07) is 11.5. The molecule has 4 heteroatoms. The summed E-state index contributed by atoms with van der Waals surface area (Å²) in [5.74, 6) is -0.855. The lowest BCUT2D eigenvalue weighted by Gasteiger charge is -2.19. The number of rotatable bonds is 1. The van der Waals surface area contributed by atoms with Crippen LogP contribution in [0.2, 0.25) is 0 Å². The van der Waals surface area contributed by atoms with Crippen LogP contribution >= 0.6 is 0 Å². The van der Waals surface area contributed by atoms with E-state index in [0.29, 0.717) is 13.1 Å². The van der Waals surface area contributed by atoms with E-state index in [1.807, 2.05) is 30.3 Å². The van der Waals surface area contributed by atoms with Crippen molar-refractivity contribution in [3.63, 3.8) is 0 Å². The van der Waals surface area contributed by atoms with Crippen LogP contribution in [0.15, 0.2) is 30.3 Å². The standard InChI is InChI=1S/C12H13N3O/c13-8-10-11(9-4-2-1-3-5-9)14-6-7-15-12(10)16/h1-5,10-11,14H,6-7H2,(H,15,16). The topological polar surface area (TPSA) is 64.9 Å². The molecule has 0 radical (unpaired) electrons. The molecule has 0 aliphatic carbocycles. The molecule has 1 aromatic carbocycles. The van der Waals surface area contributed by atoms with Crippen molar-refractivity contribution in [2.24, 2.45) is 5.92 Å². The van der Waals surface area contributed by atoms with Gasteiger partial charge in [-0.25, -0.2) is 0 Å². The Bertz CT molecular complexity index is 410. The summed E-state index contributed by atoms with van der Waals surface area (Å²) in [5.41, 5.74) is 0.978. The second-order valence-corrected chi connectivity index (χ2v) is 3.74. The van der Waals surface area contributed by atoms with E-state index >= 15 is 0 Å². The highest BCUT2D eigenvalue weighted by Gasteiger charge is 2.30. The van der Waals surface area contributed by atoms with E-state index in [1.165, 1.54) is 0 Å². The van der Waals surface area contributed by atoms with Gasteiger partial charge in [-0.05, 0) is 5.56 Å². The molecular weight excluding hydrogens is 202 g/mol. The summed E-state index contributed by atoms with van der Waals surface area (Å²) >= 11 is 0. The van der Waals surface area contributed by atoms with Gasteiger partial charge in [0.15, 0.2) is 0 Å². The Labute approximate surface area is 94.3 Å². The van der Waals surface area contributed by atoms with Crippen LogP contribution < -0.4 is 10.6 Å². The van der Waals surface area contributed by atoms with Crippen molar-refractivity contribution in [3.8, 4) is 6.07 Å². The predicted molar refractivity (Wildman–Crippen MR) is 59.3 cm³/mol. The zero-order valence-electron chi connectivity index (χ0n) is 8.81. The zero-order chi connectivity index (χ0) is 11.4. The van der Waals surface area contributed by atoms with Crippen LogP contribution in [0.1, 0.15) is 11.6 Å². The fourth-order valence-corrected chi connectivity index (χ4v) is 1.90. The van der Waals surface area contributed by atoms with Crippen LogP contribution in [0.4, 0.5) is 0 Å². The van der Waals surface area contributed by atoms with Gasteiger partial charge >= 0.3 is 0 Å². The Morgan fingerprint density at radius 1 is 1.25 bits per heavy atom. The molecule has 2 N–H and O–H groups in total. The van der Waals surface area contributed by atoms with Crippen LogP contribution in [0.3, 0.4) is 0 Å². The summed E-state index contributed by atoms with van der Waals surface area (Å²) in [6.45, 7) is 1.25. The maximum Gasteiger partial charge on any atom is 0.239 e. The van der Waals surface area contributed by atoms with Gasteiger partial charge < -0.3 is 10.6 Å². The number of amides is 1. The lowest BCUT2D eigenvalue weighted by Crippen LogP contribution is -2.32. The van der Waals surface area contributed by atoms with Gasteiger partial charge in [-0.2, -0.15) is 5.26 Å². The van der Waals surface area contributed by atoms with Gasteiger partial charge in [-0.1, -0.05) is 30.3 Å². The maximum absolute atomic E-state index is 11.7. The minimum atomic E-state index is -0.662. The Kier molecular flexibility index (Phi) is 3.18. The number of nitriles is 1.